The predicted molar refractivity (Wildman–Crippen MR) is 77.1 cm³/mol. The maximum Gasteiger partial charge on any atom is 0.123 e. The Balaban J connectivity index is 1.82. The van der Waals surface area contributed by atoms with E-state index in [-0.39, 0.29) is 5.82 Å². The van der Waals surface area contributed by atoms with Crippen LogP contribution in [0.25, 0.3) is 0 Å². The molecule has 0 spiro atoms. The lowest BCUT2D eigenvalue weighted by molar-refractivity contribution is 0.627. The summed E-state index contributed by atoms with van der Waals surface area (Å²) in [6, 6.07) is 13.1. The summed E-state index contributed by atoms with van der Waals surface area (Å²) < 4.78 is 12.9. The van der Waals surface area contributed by atoms with Crippen molar-refractivity contribution in [1.29, 1.82) is 0 Å². The van der Waals surface area contributed by atoms with Gasteiger partial charge in [0.2, 0.25) is 0 Å². The first-order valence-corrected chi connectivity index (χ1v) is 6.55. The average Bonchev–Trinajstić information content (AvgIpc) is 2.89. The zero-order valence-electron chi connectivity index (χ0n) is 11.0. The van der Waals surface area contributed by atoms with E-state index in [1.807, 2.05) is 19.2 Å². The van der Waals surface area contributed by atoms with Crippen LogP contribution in [0.3, 0.4) is 0 Å². The van der Waals surface area contributed by atoms with Gasteiger partial charge in [0.15, 0.2) is 0 Å². The van der Waals surface area contributed by atoms with Crippen LogP contribution in [0.1, 0.15) is 11.1 Å². The number of benzene rings is 2. The molecule has 0 bridgehead atoms. The normalized spacial score (nSPS) is 12.9. The van der Waals surface area contributed by atoms with Crippen molar-refractivity contribution in [2.45, 2.75) is 13.0 Å². The van der Waals surface area contributed by atoms with Crippen molar-refractivity contribution < 1.29 is 4.39 Å². The molecule has 1 aliphatic heterocycles. The molecule has 2 aromatic carbocycles. The van der Waals surface area contributed by atoms with Crippen molar-refractivity contribution in [2.75, 3.05) is 23.8 Å². The van der Waals surface area contributed by atoms with Crippen LogP contribution in [0.5, 0.6) is 0 Å². The summed E-state index contributed by atoms with van der Waals surface area (Å²) in [7, 11) is 2.03. The summed E-state index contributed by atoms with van der Waals surface area (Å²) in [6.07, 6.45) is 1.10. The third-order valence-electron chi connectivity index (χ3n) is 3.61. The Kier molecular flexibility index (Phi) is 3.11. The van der Waals surface area contributed by atoms with Gasteiger partial charge in [0.1, 0.15) is 5.82 Å². The number of halogens is 1. The Morgan fingerprint density at radius 3 is 2.74 bits per heavy atom. The van der Waals surface area contributed by atoms with Crippen LogP contribution in [-0.2, 0) is 13.0 Å². The third kappa shape index (κ3) is 2.41. The highest BCUT2D eigenvalue weighted by Crippen LogP contribution is 2.28. The van der Waals surface area contributed by atoms with Crippen molar-refractivity contribution in [1.82, 2.24) is 0 Å². The number of anilines is 2. The first-order valence-electron chi connectivity index (χ1n) is 6.55. The zero-order chi connectivity index (χ0) is 13.2. The molecule has 2 aromatic rings. The lowest BCUT2D eigenvalue weighted by atomic mass is 10.1. The van der Waals surface area contributed by atoms with E-state index in [2.05, 4.69) is 28.4 Å². The maximum absolute atomic E-state index is 12.9. The Morgan fingerprint density at radius 2 is 1.95 bits per heavy atom. The van der Waals surface area contributed by atoms with Gasteiger partial charge in [-0.15, -0.1) is 0 Å². The van der Waals surface area contributed by atoms with Crippen LogP contribution >= 0.6 is 0 Å². The van der Waals surface area contributed by atoms with Crippen molar-refractivity contribution in [3.8, 4) is 0 Å². The lowest BCUT2D eigenvalue weighted by Crippen LogP contribution is -2.17. The van der Waals surface area contributed by atoms with Crippen LogP contribution < -0.4 is 10.2 Å². The molecule has 1 aliphatic rings. The van der Waals surface area contributed by atoms with Crippen molar-refractivity contribution in [2.24, 2.45) is 0 Å². The number of rotatable bonds is 3. The molecule has 0 aliphatic carbocycles. The molecule has 98 valence electrons. The second-order valence-electron chi connectivity index (χ2n) is 4.96. The van der Waals surface area contributed by atoms with Crippen molar-refractivity contribution >= 4 is 11.4 Å². The molecule has 3 heteroatoms. The fourth-order valence-corrected chi connectivity index (χ4v) is 2.59. The summed E-state index contributed by atoms with van der Waals surface area (Å²) in [6.45, 7) is 1.84. The molecule has 1 N–H and O–H groups in total. The summed E-state index contributed by atoms with van der Waals surface area (Å²) >= 11 is 0. The molecule has 0 radical (unpaired) electrons. The molecule has 0 amide bonds. The number of hydrogen-bond acceptors (Lipinski definition) is 2. The van der Waals surface area contributed by atoms with Gasteiger partial charge >= 0.3 is 0 Å². The molecule has 0 saturated heterocycles. The monoisotopic (exact) mass is 256 g/mol. The average molecular weight is 256 g/mol. The third-order valence-corrected chi connectivity index (χ3v) is 3.61. The van der Waals surface area contributed by atoms with E-state index in [1.165, 1.54) is 28.9 Å². The molecule has 2 nitrogen and oxygen atoms in total. The highest BCUT2D eigenvalue weighted by Gasteiger charge is 2.14. The molecule has 3 rings (SSSR count). The van der Waals surface area contributed by atoms with E-state index >= 15 is 0 Å². The largest absolute Gasteiger partial charge is 0.384 e. The fraction of sp³-hybridized carbons (Fsp3) is 0.250. The van der Waals surface area contributed by atoms with Gasteiger partial charge in [-0.05, 0) is 41.8 Å². The molecule has 0 unspecified atom stereocenters. The number of para-hydroxylation sites is 1. The van der Waals surface area contributed by atoms with Crippen LogP contribution in [-0.4, -0.2) is 13.6 Å². The van der Waals surface area contributed by atoms with Gasteiger partial charge < -0.3 is 10.2 Å². The molecule has 0 fully saturated rings. The van der Waals surface area contributed by atoms with E-state index in [0.29, 0.717) is 0 Å². The SMILES string of the molecule is CN(Cc1cccc2c1NCC2)c1ccc(F)cc1. The second kappa shape index (κ2) is 4.92. The number of hydrogen-bond donors (Lipinski definition) is 1. The van der Waals surface area contributed by atoms with Gasteiger partial charge in [0, 0.05) is 31.5 Å². The molecule has 1 heterocycles. The predicted octanol–water partition coefficient (Wildman–Crippen LogP) is 3.43. The van der Waals surface area contributed by atoms with Crippen LogP contribution in [0, 0.1) is 5.82 Å². The van der Waals surface area contributed by atoms with Gasteiger partial charge in [-0.2, -0.15) is 0 Å². The number of fused-ring (bicyclic) bond motifs is 1. The van der Waals surface area contributed by atoms with Crippen molar-refractivity contribution in [3.05, 3.63) is 59.4 Å². The summed E-state index contributed by atoms with van der Waals surface area (Å²) in [4.78, 5) is 2.13. The van der Waals surface area contributed by atoms with Crippen LogP contribution in [0.2, 0.25) is 0 Å². The topological polar surface area (TPSA) is 15.3 Å². The summed E-state index contributed by atoms with van der Waals surface area (Å²) in [5.41, 5.74) is 4.99. The minimum atomic E-state index is -0.195. The second-order valence-corrected chi connectivity index (χ2v) is 4.96. The first-order chi connectivity index (χ1) is 9.24. The van der Waals surface area contributed by atoms with Crippen molar-refractivity contribution in [3.63, 3.8) is 0 Å². The van der Waals surface area contributed by atoms with Gasteiger partial charge in [0.25, 0.3) is 0 Å². The molecule has 19 heavy (non-hydrogen) atoms. The Hall–Kier alpha value is -2.03. The maximum atomic E-state index is 12.9. The van der Waals surface area contributed by atoms with E-state index in [9.17, 15) is 4.39 Å². The van der Waals surface area contributed by atoms with Crippen LogP contribution in [0.4, 0.5) is 15.8 Å². The summed E-state index contributed by atoms with van der Waals surface area (Å²) in [5.74, 6) is -0.195. The molecule has 0 atom stereocenters. The highest BCUT2D eigenvalue weighted by molar-refractivity contribution is 5.62. The van der Waals surface area contributed by atoms with E-state index in [0.717, 1.165) is 25.2 Å². The van der Waals surface area contributed by atoms with Gasteiger partial charge in [-0.1, -0.05) is 18.2 Å². The molecular formula is C16H17FN2. The highest BCUT2D eigenvalue weighted by atomic mass is 19.1. The van der Waals surface area contributed by atoms with Gasteiger partial charge in [-0.25, -0.2) is 4.39 Å². The quantitative estimate of drug-likeness (QED) is 0.905. The van der Waals surface area contributed by atoms with E-state index < -0.39 is 0 Å². The zero-order valence-corrected chi connectivity index (χ0v) is 11.0. The Morgan fingerprint density at radius 1 is 1.16 bits per heavy atom. The minimum Gasteiger partial charge on any atom is -0.384 e. The Labute approximate surface area is 112 Å². The fourth-order valence-electron chi connectivity index (χ4n) is 2.59. The number of nitrogens with zero attached hydrogens (tertiary/aromatic N) is 1. The van der Waals surface area contributed by atoms with E-state index in [4.69, 9.17) is 0 Å². The molecule has 0 aromatic heterocycles. The smallest absolute Gasteiger partial charge is 0.123 e. The standard InChI is InChI=1S/C16H17FN2/c1-19(15-7-5-14(17)6-8-15)11-13-4-2-3-12-9-10-18-16(12)13/h2-8,18H,9-11H2,1H3. The Bertz CT molecular complexity index is 578. The lowest BCUT2D eigenvalue weighted by Gasteiger charge is -2.21. The molecular weight excluding hydrogens is 239 g/mol. The van der Waals surface area contributed by atoms with Gasteiger partial charge in [0.05, 0.1) is 0 Å². The number of nitrogens with one attached hydrogen (secondary N) is 1. The van der Waals surface area contributed by atoms with Crippen LogP contribution in [0.15, 0.2) is 42.5 Å². The van der Waals surface area contributed by atoms with E-state index in [1.54, 1.807) is 0 Å². The molecule has 0 saturated carbocycles. The van der Waals surface area contributed by atoms with Gasteiger partial charge in [-0.3, -0.25) is 0 Å². The summed E-state index contributed by atoms with van der Waals surface area (Å²) in [5, 5.41) is 3.45. The minimum absolute atomic E-state index is 0.195. The first kappa shape index (κ1) is 12.0.